The minimum absolute atomic E-state index is 0.543. The highest BCUT2D eigenvalue weighted by Crippen LogP contribution is 2.33. The van der Waals surface area contributed by atoms with Gasteiger partial charge in [0.05, 0.1) is 17.0 Å². The van der Waals surface area contributed by atoms with Crippen LogP contribution in [0.5, 0.6) is 0 Å². The Balaban J connectivity index is 1.89. The topological polar surface area (TPSA) is 61.4 Å². The van der Waals surface area contributed by atoms with E-state index in [0.717, 1.165) is 21.3 Å². The SMILES string of the molecule is Cc1nc(/C(C#N)=C\c2cccs2)sc1N=Nc1ccccc1. The molecule has 2 heterocycles. The van der Waals surface area contributed by atoms with Crippen molar-refractivity contribution < 1.29 is 0 Å². The van der Waals surface area contributed by atoms with E-state index in [9.17, 15) is 5.26 Å². The van der Waals surface area contributed by atoms with Gasteiger partial charge in [-0.15, -0.1) is 21.6 Å². The summed E-state index contributed by atoms with van der Waals surface area (Å²) in [5, 5.41) is 21.2. The molecule has 0 atom stereocenters. The molecule has 0 amide bonds. The number of thiazole rings is 1. The average molecular weight is 336 g/mol. The van der Waals surface area contributed by atoms with Gasteiger partial charge in [0.2, 0.25) is 0 Å². The molecule has 1 aromatic carbocycles. The summed E-state index contributed by atoms with van der Waals surface area (Å²) in [4.78, 5) is 5.48. The number of nitriles is 1. The number of aryl methyl sites for hydroxylation is 1. The van der Waals surface area contributed by atoms with Crippen LogP contribution in [0.15, 0.2) is 58.1 Å². The van der Waals surface area contributed by atoms with Crippen molar-refractivity contribution in [3.05, 3.63) is 63.4 Å². The van der Waals surface area contributed by atoms with Crippen LogP contribution < -0.4 is 0 Å². The largest absolute Gasteiger partial charge is 0.238 e. The molecular formula is C17H12N4S2. The summed E-state index contributed by atoms with van der Waals surface area (Å²) in [6, 6.07) is 15.7. The third-order valence-corrected chi connectivity index (χ3v) is 4.86. The van der Waals surface area contributed by atoms with Gasteiger partial charge in [-0.3, -0.25) is 0 Å². The van der Waals surface area contributed by atoms with Gasteiger partial charge in [-0.05, 0) is 36.6 Å². The van der Waals surface area contributed by atoms with Crippen LogP contribution in [0.3, 0.4) is 0 Å². The fraction of sp³-hybridized carbons (Fsp3) is 0.0588. The lowest BCUT2D eigenvalue weighted by molar-refractivity contribution is 1.18. The van der Waals surface area contributed by atoms with E-state index in [1.54, 1.807) is 11.3 Å². The predicted molar refractivity (Wildman–Crippen MR) is 95.3 cm³/mol. The van der Waals surface area contributed by atoms with Crippen molar-refractivity contribution in [1.29, 1.82) is 5.26 Å². The highest BCUT2D eigenvalue weighted by atomic mass is 32.1. The molecule has 2 aromatic heterocycles. The normalized spacial score (nSPS) is 11.7. The van der Waals surface area contributed by atoms with Gasteiger partial charge in [-0.1, -0.05) is 35.6 Å². The minimum Gasteiger partial charge on any atom is -0.238 e. The van der Waals surface area contributed by atoms with Crippen LogP contribution in [-0.2, 0) is 0 Å². The maximum absolute atomic E-state index is 9.39. The Morgan fingerprint density at radius 1 is 1.17 bits per heavy atom. The highest BCUT2D eigenvalue weighted by Gasteiger charge is 2.11. The molecule has 0 saturated carbocycles. The van der Waals surface area contributed by atoms with Crippen LogP contribution in [0.4, 0.5) is 10.7 Å². The van der Waals surface area contributed by atoms with Crippen LogP contribution in [-0.4, -0.2) is 4.98 Å². The first-order valence-electron chi connectivity index (χ1n) is 6.86. The van der Waals surface area contributed by atoms with Crippen molar-refractivity contribution in [3.8, 4) is 6.07 Å². The molecule has 0 radical (unpaired) electrons. The van der Waals surface area contributed by atoms with E-state index < -0.39 is 0 Å². The van der Waals surface area contributed by atoms with Gasteiger partial charge < -0.3 is 0 Å². The average Bonchev–Trinajstić information content (AvgIpc) is 3.21. The molecule has 0 saturated heterocycles. The molecule has 4 nitrogen and oxygen atoms in total. The van der Waals surface area contributed by atoms with Crippen molar-refractivity contribution in [2.75, 3.05) is 0 Å². The second kappa shape index (κ2) is 7.09. The van der Waals surface area contributed by atoms with E-state index in [1.807, 2.05) is 60.8 Å². The van der Waals surface area contributed by atoms with E-state index in [-0.39, 0.29) is 0 Å². The summed E-state index contributed by atoms with van der Waals surface area (Å²) in [5.41, 5.74) is 2.11. The van der Waals surface area contributed by atoms with Gasteiger partial charge in [0.1, 0.15) is 11.1 Å². The summed E-state index contributed by atoms with van der Waals surface area (Å²) in [6.45, 7) is 1.87. The van der Waals surface area contributed by atoms with Crippen molar-refractivity contribution >= 4 is 45.0 Å². The highest BCUT2D eigenvalue weighted by molar-refractivity contribution is 7.16. The van der Waals surface area contributed by atoms with Crippen LogP contribution in [0, 0.1) is 18.3 Å². The number of azo groups is 1. The predicted octanol–water partition coefficient (Wildman–Crippen LogP) is 5.99. The van der Waals surface area contributed by atoms with Gasteiger partial charge in [0.15, 0.2) is 5.00 Å². The van der Waals surface area contributed by atoms with Crippen molar-refractivity contribution in [3.63, 3.8) is 0 Å². The van der Waals surface area contributed by atoms with E-state index in [2.05, 4.69) is 21.3 Å². The van der Waals surface area contributed by atoms with E-state index >= 15 is 0 Å². The van der Waals surface area contributed by atoms with E-state index in [1.165, 1.54) is 11.3 Å². The second-order valence-corrected chi connectivity index (χ2v) is 6.59. The maximum Gasteiger partial charge on any atom is 0.162 e. The Labute approximate surface area is 142 Å². The van der Waals surface area contributed by atoms with Crippen LogP contribution in [0.25, 0.3) is 11.6 Å². The third-order valence-electron chi connectivity index (χ3n) is 2.97. The summed E-state index contributed by atoms with van der Waals surface area (Å²) < 4.78 is 0. The van der Waals surface area contributed by atoms with Crippen molar-refractivity contribution in [2.24, 2.45) is 10.2 Å². The smallest absolute Gasteiger partial charge is 0.162 e. The molecule has 0 N–H and O–H groups in total. The lowest BCUT2D eigenvalue weighted by atomic mass is 10.2. The molecule has 112 valence electrons. The zero-order chi connectivity index (χ0) is 16.1. The Morgan fingerprint density at radius 3 is 2.70 bits per heavy atom. The summed E-state index contributed by atoms with van der Waals surface area (Å²) >= 11 is 2.96. The number of aromatic nitrogens is 1. The van der Waals surface area contributed by atoms with Gasteiger partial charge in [0.25, 0.3) is 0 Å². The molecular weight excluding hydrogens is 324 g/mol. The molecule has 3 aromatic rings. The Morgan fingerprint density at radius 2 is 2.00 bits per heavy atom. The number of thiophene rings is 1. The Bertz CT molecular complexity index is 885. The summed E-state index contributed by atoms with van der Waals surface area (Å²) in [7, 11) is 0. The molecule has 0 aliphatic carbocycles. The number of benzene rings is 1. The third kappa shape index (κ3) is 3.77. The molecule has 6 heteroatoms. The van der Waals surface area contributed by atoms with Crippen molar-refractivity contribution in [1.82, 2.24) is 4.98 Å². The zero-order valence-electron chi connectivity index (χ0n) is 12.3. The van der Waals surface area contributed by atoms with Gasteiger partial charge in [-0.25, -0.2) is 4.98 Å². The van der Waals surface area contributed by atoms with E-state index in [4.69, 9.17) is 0 Å². The molecule has 0 aliphatic heterocycles. The summed E-state index contributed by atoms with van der Waals surface area (Å²) in [6.07, 6.45) is 1.85. The quantitative estimate of drug-likeness (QED) is 0.434. The van der Waals surface area contributed by atoms with Crippen LogP contribution in [0.1, 0.15) is 15.6 Å². The van der Waals surface area contributed by atoms with E-state index in [0.29, 0.717) is 10.6 Å². The molecule has 0 fully saturated rings. The molecule has 0 bridgehead atoms. The van der Waals surface area contributed by atoms with Crippen LogP contribution >= 0.6 is 22.7 Å². The number of allylic oxidation sites excluding steroid dienone is 1. The van der Waals surface area contributed by atoms with Crippen molar-refractivity contribution in [2.45, 2.75) is 6.92 Å². The number of rotatable bonds is 4. The van der Waals surface area contributed by atoms with Crippen LogP contribution in [0.2, 0.25) is 0 Å². The lowest BCUT2D eigenvalue weighted by Gasteiger charge is -1.90. The fourth-order valence-electron chi connectivity index (χ4n) is 1.85. The van der Waals surface area contributed by atoms with Gasteiger partial charge >= 0.3 is 0 Å². The Hall–Kier alpha value is -2.62. The molecule has 23 heavy (non-hydrogen) atoms. The first kappa shape index (κ1) is 15.3. The fourth-order valence-corrected chi connectivity index (χ4v) is 3.36. The van der Waals surface area contributed by atoms with Gasteiger partial charge in [-0.2, -0.15) is 5.26 Å². The maximum atomic E-state index is 9.39. The standard InChI is InChI=1S/C17H12N4S2/c1-12-16(21-20-14-6-3-2-4-7-14)23-17(19-12)13(11-18)10-15-8-5-9-22-15/h2-10H,1H3/b13-10-,21-20?. The lowest BCUT2D eigenvalue weighted by Crippen LogP contribution is -1.79. The summed E-state index contributed by atoms with van der Waals surface area (Å²) in [5.74, 6) is 0. The van der Waals surface area contributed by atoms with Gasteiger partial charge in [0, 0.05) is 4.88 Å². The number of nitrogens with zero attached hydrogens (tertiary/aromatic N) is 4. The number of hydrogen-bond donors (Lipinski definition) is 0. The first-order chi connectivity index (χ1) is 11.3. The molecule has 0 spiro atoms. The molecule has 3 rings (SSSR count). The molecule has 0 unspecified atom stereocenters. The molecule has 0 aliphatic rings. The second-order valence-electron chi connectivity index (χ2n) is 4.63. The Kier molecular flexibility index (Phi) is 4.71. The first-order valence-corrected chi connectivity index (χ1v) is 8.56. The zero-order valence-corrected chi connectivity index (χ0v) is 13.9. The monoisotopic (exact) mass is 336 g/mol. The number of hydrogen-bond acceptors (Lipinski definition) is 6. The minimum atomic E-state index is 0.543.